The lowest BCUT2D eigenvalue weighted by molar-refractivity contribution is 0.0759. The summed E-state index contributed by atoms with van der Waals surface area (Å²) in [7, 11) is 1.47. The first-order chi connectivity index (χ1) is 16.2. The number of amides is 2. The number of hydrogen-bond acceptors (Lipinski definition) is 6. The largest absolute Gasteiger partial charge is 0.495 e. The number of aromatic nitrogens is 1. The maximum absolute atomic E-state index is 13.7. The third kappa shape index (κ3) is 4.87. The van der Waals surface area contributed by atoms with Crippen LogP contribution < -0.4 is 9.64 Å². The molecule has 1 aliphatic rings. The lowest BCUT2D eigenvalue weighted by Crippen LogP contribution is -2.30. The number of ether oxygens (including phenoxy) is 1. The van der Waals surface area contributed by atoms with Crippen LogP contribution in [0.2, 0.25) is 15.1 Å². The lowest BCUT2D eigenvalue weighted by Gasteiger charge is -2.21. The van der Waals surface area contributed by atoms with Crippen molar-refractivity contribution >= 4 is 68.8 Å². The zero-order chi connectivity index (χ0) is 24.6. The van der Waals surface area contributed by atoms with E-state index < -0.39 is 12.0 Å². The van der Waals surface area contributed by atoms with Crippen LogP contribution in [0.1, 0.15) is 32.1 Å². The van der Waals surface area contributed by atoms with E-state index in [1.165, 1.54) is 35.5 Å². The summed E-state index contributed by atoms with van der Waals surface area (Å²) in [6.45, 7) is 2.47. The Morgan fingerprint density at radius 2 is 1.94 bits per heavy atom. The fraction of sp³-hybridized carbons (Fsp3) is 0.261. The van der Waals surface area contributed by atoms with E-state index in [0.717, 1.165) is 0 Å². The molecule has 1 aliphatic heterocycles. The van der Waals surface area contributed by atoms with Crippen LogP contribution in [-0.2, 0) is 0 Å². The lowest BCUT2D eigenvalue weighted by atomic mass is 10.2. The van der Waals surface area contributed by atoms with E-state index in [-0.39, 0.29) is 33.9 Å². The smallest absolute Gasteiger partial charge is 0.273 e. The number of methoxy groups -OCH3 is 1. The highest BCUT2D eigenvalue weighted by Gasteiger charge is 2.31. The number of carbonyl (C=O) groups is 2. The molecule has 1 saturated heterocycles. The summed E-state index contributed by atoms with van der Waals surface area (Å²) in [6, 6.07) is 9.46. The van der Waals surface area contributed by atoms with Crippen LogP contribution in [0.15, 0.2) is 36.4 Å². The van der Waals surface area contributed by atoms with Gasteiger partial charge in [0.05, 0.1) is 34.5 Å². The van der Waals surface area contributed by atoms with Gasteiger partial charge in [0.25, 0.3) is 11.8 Å². The average Bonchev–Trinajstić information content (AvgIpc) is 3.40. The maximum Gasteiger partial charge on any atom is 0.273 e. The number of likely N-dealkylation sites (tertiary alicyclic amines) is 1. The van der Waals surface area contributed by atoms with Crippen molar-refractivity contribution in [2.75, 3.05) is 25.1 Å². The molecule has 3 aromatic rings. The van der Waals surface area contributed by atoms with E-state index in [1.807, 2.05) is 0 Å². The zero-order valence-electron chi connectivity index (χ0n) is 18.2. The van der Waals surface area contributed by atoms with Gasteiger partial charge in [0.2, 0.25) is 0 Å². The van der Waals surface area contributed by atoms with Gasteiger partial charge in [-0.2, -0.15) is 0 Å². The van der Waals surface area contributed by atoms with Crippen LogP contribution in [0.4, 0.5) is 10.8 Å². The van der Waals surface area contributed by atoms with Crippen LogP contribution in [-0.4, -0.2) is 53.1 Å². The number of carbonyl (C=O) groups excluding carboxylic acids is 2. The quantitative estimate of drug-likeness (QED) is 0.455. The van der Waals surface area contributed by atoms with E-state index >= 15 is 0 Å². The number of aliphatic hydroxyl groups excluding tert-OH is 1. The van der Waals surface area contributed by atoms with Crippen molar-refractivity contribution in [3.63, 3.8) is 0 Å². The topological polar surface area (TPSA) is 83.0 Å². The molecule has 1 atom stereocenters. The van der Waals surface area contributed by atoms with Crippen molar-refractivity contribution in [2.45, 2.75) is 19.4 Å². The highest BCUT2D eigenvalue weighted by Crippen LogP contribution is 2.38. The average molecular weight is 541 g/mol. The highest BCUT2D eigenvalue weighted by atomic mass is 35.5. The van der Waals surface area contributed by atoms with E-state index in [0.29, 0.717) is 39.3 Å². The monoisotopic (exact) mass is 539 g/mol. The minimum absolute atomic E-state index is 0.180. The second kappa shape index (κ2) is 10.1. The number of benzene rings is 2. The molecule has 34 heavy (non-hydrogen) atoms. The molecule has 1 N–H and O–H groups in total. The third-order valence-corrected chi connectivity index (χ3v) is 7.20. The first-order valence-electron chi connectivity index (χ1n) is 10.3. The molecule has 2 heterocycles. The van der Waals surface area contributed by atoms with Gasteiger partial charge >= 0.3 is 0 Å². The summed E-state index contributed by atoms with van der Waals surface area (Å²) in [6.07, 6.45) is -0.0273. The number of nitrogens with zero attached hydrogens (tertiary/aromatic N) is 3. The second-order valence-electron chi connectivity index (χ2n) is 7.68. The molecule has 1 fully saturated rings. The number of aryl methyl sites for hydroxylation is 1. The van der Waals surface area contributed by atoms with Crippen molar-refractivity contribution in [3.8, 4) is 5.75 Å². The minimum Gasteiger partial charge on any atom is -0.495 e. The van der Waals surface area contributed by atoms with Crippen molar-refractivity contribution in [3.05, 3.63) is 67.6 Å². The van der Waals surface area contributed by atoms with E-state index in [2.05, 4.69) is 4.98 Å². The van der Waals surface area contributed by atoms with Gasteiger partial charge in [-0.3, -0.25) is 14.5 Å². The summed E-state index contributed by atoms with van der Waals surface area (Å²) in [5.41, 5.74) is 0.875. The summed E-state index contributed by atoms with van der Waals surface area (Å²) in [5, 5.41) is 11.0. The van der Waals surface area contributed by atoms with Gasteiger partial charge in [0, 0.05) is 29.1 Å². The molecular formula is C23H20Cl3N3O4S. The highest BCUT2D eigenvalue weighted by molar-refractivity contribution is 7.16. The number of hydrogen-bond donors (Lipinski definition) is 1. The number of anilines is 2. The fourth-order valence-corrected chi connectivity index (χ4v) is 5.24. The van der Waals surface area contributed by atoms with Crippen LogP contribution in [0.25, 0.3) is 0 Å². The Hall–Kier alpha value is -2.36. The third-order valence-electron chi connectivity index (χ3n) is 5.39. The van der Waals surface area contributed by atoms with Gasteiger partial charge in [-0.1, -0.05) is 34.8 Å². The van der Waals surface area contributed by atoms with Gasteiger partial charge in [-0.15, -0.1) is 11.3 Å². The van der Waals surface area contributed by atoms with Gasteiger partial charge in [0.1, 0.15) is 11.4 Å². The molecule has 0 aliphatic carbocycles. The zero-order valence-corrected chi connectivity index (χ0v) is 21.3. The van der Waals surface area contributed by atoms with Gasteiger partial charge in [-0.05, 0) is 43.7 Å². The summed E-state index contributed by atoms with van der Waals surface area (Å²) in [4.78, 5) is 34.9. The minimum atomic E-state index is -0.547. The fourth-order valence-electron chi connectivity index (χ4n) is 3.64. The Labute approximate surface area is 215 Å². The molecule has 4 rings (SSSR count). The number of rotatable bonds is 5. The standard InChI is InChI=1S/C23H20Cl3N3O4S/c1-12-20(22(32)28-8-7-15(30)11-28)27-23(34-12)29(14-4-6-17(25)19(10-14)33-2)21(31)16-5-3-13(24)9-18(16)26/h3-6,9-10,15,30H,7-8,11H2,1-2H3. The van der Waals surface area contributed by atoms with Gasteiger partial charge in [0.15, 0.2) is 5.13 Å². The Morgan fingerprint density at radius 1 is 1.18 bits per heavy atom. The molecule has 2 amide bonds. The molecule has 0 radical (unpaired) electrons. The predicted octanol–water partition coefficient (Wildman–Crippen LogP) is 5.61. The van der Waals surface area contributed by atoms with Crippen molar-refractivity contribution in [1.82, 2.24) is 9.88 Å². The molecule has 0 saturated carbocycles. The van der Waals surface area contributed by atoms with Crippen LogP contribution in [0.5, 0.6) is 5.75 Å². The molecule has 178 valence electrons. The second-order valence-corrected chi connectivity index (χ2v) is 10.1. The molecule has 7 nitrogen and oxygen atoms in total. The van der Waals surface area contributed by atoms with Crippen molar-refractivity contribution < 1.29 is 19.4 Å². The van der Waals surface area contributed by atoms with Crippen LogP contribution in [0.3, 0.4) is 0 Å². The predicted molar refractivity (Wildman–Crippen MR) is 134 cm³/mol. The molecule has 0 spiro atoms. The van der Waals surface area contributed by atoms with Crippen molar-refractivity contribution in [2.24, 2.45) is 0 Å². The number of halogens is 3. The Bertz CT molecular complexity index is 1270. The molecule has 0 bridgehead atoms. The number of aliphatic hydroxyl groups is 1. The van der Waals surface area contributed by atoms with Crippen LogP contribution >= 0.6 is 46.1 Å². The molecule has 1 aromatic heterocycles. The van der Waals surface area contributed by atoms with E-state index in [4.69, 9.17) is 39.5 Å². The van der Waals surface area contributed by atoms with Gasteiger partial charge < -0.3 is 14.7 Å². The molecular weight excluding hydrogens is 521 g/mol. The summed E-state index contributed by atoms with van der Waals surface area (Å²) < 4.78 is 5.33. The number of thiazole rings is 1. The summed E-state index contributed by atoms with van der Waals surface area (Å²) >= 11 is 19.7. The van der Waals surface area contributed by atoms with Crippen LogP contribution in [0, 0.1) is 6.92 Å². The first-order valence-corrected chi connectivity index (χ1v) is 12.2. The maximum atomic E-state index is 13.7. The van der Waals surface area contributed by atoms with Crippen molar-refractivity contribution in [1.29, 1.82) is 0 Å². The normalized spacial score (nSPS) is 15.5. The van der Waals surface area contributed by atoms with Gasteiger partial charge in [-0.25, -0.2) is 4.98 Å². The molecule has 11 heteroatoms. The molecule has 1 unspecified atom stereocenters. The molecule has 2 aromatic carbocycles. The van der Waals surface area contributed by atoms with E-state index in [9.17, 15) is 14.7 Å². The number of β-amino-alcohol motifs (C(OH)–C–C–N with tert-alkyl or cyclic N) is 1. The Balaban J connectivity index is 1.80. The first kappa shape index (κ1) is 24.8. The SMILES string of the molecule is COc1cc(N(C(=O)c2ccc(Cl)cc2Cl)c2nc(C(=O)N3CCC(O)C3)c(C)s2)ccc1Cl. The Morgan fingerprint density at radius 3 is 2.59 bits per heavy atom. The Kier molecular flexibility index (Phi) is 7.35. The summed E-state index contributed by atoms with van der Waals surface area (Å²) in [5.74, 6) is -0.382. The van der Waals surface area contributed by atoms with E-state index in [1.54, 1.807) is 36.1 Å².